The van der Waals surface area contributed by atoms with Crippen molar-refractivity contribution in [2.24, 2.45) is 0 Å². The Morgan fingerprint density at radius 1 is 0.949 bits per heavy atom. The van der Waals surface area contributed by atoms with Gasteiger partial charge >= 0.3 is 5.69 Å². The van der Waals surface area contributed by atoms with Gasteiger partial charge in [-0.25, -0.2) is 23.5 Å². The van der Waals surface area contributed by atoms with Gasteiger partial charge in [0.25, 0.3) is 11.5 Å². The average Bonchev–Trinajstić information content (AvgIpc) is 3.35. The quantitative estimate of drug-likeness (QED) is 0.429. The standard InChI is InChI=1S/C27H29F2N7O3/c1-33-10-8-20(9-11-33)35-24-21(12-17(29)13-30-24)26(38)36(27(35)39)19-5-3-18(4-6-19)31-25(37)22-15-34-14-16(28)2-7-23(34)32-22/h2,7,12-15,18-20H,3-6,8-11H2,1H3,(H,31,37)/t18-,19+. The highest BCUT2D eigenvalue weighted by atomic mass is 19.1. The molecule has 2 fully saturated rings. The monoisotopic (exact) mass is 537 g/mol. The van der Waals surface area contributed by atoms with Crippen LogP contribution in [0.1, 0.15) is 61.1 Å². The smallest absolute Gasteiger partial charge is 0.333 e. The lowest BCUT2D eigenvalue weighted by Crippen LogP contribution is -2.47. The minimum atomic E-state index is -0.624. The van der Waals surface area contributed by atoms with E-state index in [0.717, 1.165) is 32.1 Å². The lowest BCUT2D eigenvalue weighted by Gasteiger charge is -2.33. The Kier molecular flexibility index (Phi) is 6.49. The van der Waals surface area contributed by atoms with E-state index in [2.05, 4.69) is 20.2 Å². The van der Waals surface area contributed by atoms with Crippen LogP contribution >= 0.6 is 0 Å². The normalized spacial score (nSPS) is 21.0. The lowest BCUT2D eigenvalue weighted by atomic mass is 9.90. The van der Waals surface area contributed by atoms with E-state index in [1.165, 1.54) is 39.6 Å². The summed E-state index contributed by atoms with van der Waals surface area (Å²) in [5.41, 5.74) is -0.0663. The number of hydrogen-bond acceptors (Lipinski definition) is 6. The number of rotatable bonds is 4. The summed E-state index contributed by atoms with van der Waals surface area (Å²) >= 11 is 0. The van der Waals surface area contributed by atoms with Crippen molar-refractivity contribution in [2.45, 2.75) is 56.7 Å². The maximum Gasteiger partial charge on any atom is 0.333 e. The third kappa shape index (κ3) is 4.73. The fourth-order valence-electron chi connectivity index (χ4n) is 5.92. The maximum absolute atomic E-state index is 14.1. The van der Waals surface area contributed by atoms with Gasteiger partial charge < -0.3 is 14.6 Å². The Hall–Kier alpha value is -3.93. The van der Waals surface area contributed by atoms with Crippen molar-refractivity contribution < 1.29 is 13.6 Å². The molecule has 1 aliphatic heterocycles. The van der Waals surface area contributed by atoms with E-state index in [1.54, 1.807) is 4.57 Å². The van der Waals surface area contributed by atoms with Crippen molar-refractivity contribution in [1.82, 2.24) is 33.7 Å². The van der Waals surface area contributed by atoms with E-state index < -0.39 is 22.9 Å². The van der Waals surface area contributed by atoms with Gasteiger partial charge in [0.2, 0.25) is 0 Å². The Bertz CT molecular complexity index is 1680. The van der Waals surface area contributed by atoms with Crippen LogP contribution in [0.25, 0.3) is 16.7 Å². The van der Waals surface area contributed by atoms with Gasteiger partial charge in [0.05, 0.1) is 11.6 Å². The number of halogens is 2. The Morgan fingerprint density at radius 3 is 2.41 bits per heavy atom. The molecule has 1 saturated carbocycles. The molecule has 1 amide bonds. The summed E-state index contributed by atoms with van der Waals surface area (Å²) in [6.45, 7) is 1.62. The SMILES string of the molecule is CN1CCC(n2c(=O)n([C@H]3CC[C@@H](NC(=O)c4cn5cc(F)ccc5n4)CC3)c(=O)c3cc(F)cnc32)CC1. The van der Waals surface area contributed by atoms with Crippen LogP contribution in [0.15, 0.2) is 46.4 Å². The van der Waals surface area contributed by atoms with Gasteiger partial charge in [-0.3, -0.25) is 18.7 Å². The molecule has 5 heterocycles. The van der Waals surface area contributed by atoms with Crippen molar-refractivity contribution in [2.75, 3.05) is 20.1 Å². The van der Waals surface area contributed by atoms with Gasteiger partial charge in [0, 0.05) is 30.5 Å². The Balaban J connectivity index is 1.24. The van der Waals surface area contributed by atoms with Crippen LogP contribution in [0.3, 0.4) is 0 Å². The second-order valence-electron chi connectivity index (χ2n) is 10.6. The summed E-state index contributed by atoms with van der Waals surface area (Å²) < 4.78 is 32.0. The summed E-state index contributed by atoms with van der Waals surface area (Å²) in [6, 6.07) is 3.28. The number of fused-ring (bicyclic) bond motifs is 2. The molecule has 0 aromatic carbocycles. The number of hydrogen-bond donors (Lipinski definition) is 1. The maximum atomic E-state index is 14.1. The topological polar surface area (TPSA) is 107 Å². The lowest BCUT2D eigenvalue weighted by molar-refractivity contribution is 0.0917. The molecule has 0 radical (unpaired) electrons. The molecule has 4 aromatic heterocycles. The predicted molar refractivity (Wildman–Crippen MR) is 140 cm³/mol. The third-order valence-electron chi connectivity index (χ3n) is 8.02. The largest absolute Gasteiger partial charge is 0.348 e. The molecule has 39 heavy (non-hydrogen) atoms. The van der Waals surface area contributed by atoms with Gasteiger partial charge in [-0.1, -0.05) is 0 Å². The third-order valence-corrected chi connectivity index (χ3v) is 8.02. The van der Waals surface area contributed by atoms with Crippen molar-refractivity contribution in [1.29, 1.82) is 0 Å². The number of amides is 1. The zero-order valence-electron chi connectivity index (χ0n) is 21.5. The van der Waals surface area contributed by atoms with Gasteiger partial charge in [0.1, 0.15) is 28.6 Å². The van der Waals surface area contributed by atoms with Crippen LogP contribution in [0.5, 0.6) is 0 Å². The molecule has 204 valence electrons. The molecule has 2 aliphatic rings. The first-order valence-electron chi connectivity index (χ1n) is 13.2. The molecule has 10 nitrogen and oxygen atoms in total. The van der Waals surface area contributed by atoms with Crippen LogP contribution in [-0.2, 0) is 0 Å². The molecular formula is C27H29F2N7O3. The molecule has 1 saturated heterocycles. The molecule has 0 spiro atoms. The fraction of sp³-hybridized carbons (Fsp3) is 0.444. The van der Waals surface area contributed by atoms with E-state index >= 15 is 0 Å². The van der Waals surface area contributed by atoms with E-state index in [-0.39, 0.29) is 40.8 Å². The van der Waals surface area contributed by atoms with Crippen LogP contribution in [0, 0.1) is 11.6 Å². The number of nitrogens with zero attached hydrogens (tertiary/aromatic N) is 6. The summed E-state index contributed by atoms with van der Waals surface area (Å²) in [5.74, 6) is -1.42. The molecule has 1 aliphatic carbocycles. The zero-order chi connectivity index (χ0) is 27.3. The van der Waals surface area contributed by atoms with E-state index in [1.807, 2.05) is 7.05 Å². The Labute approximate surface area is 221 Å². The highest BCUT2D eigenvalue weighted by molar-refractivity contribution is 5.93. The van der Waals surface area contributed by atoms with Crippen LogP contribution < -0.4 is 16.6 Å². The van der Waals surface area contributed by atoms with E-state index in [4.69, 9.17) is 0 Å². The molecule has 0 atom stereocenters. The van der Waals surface area contributed by atoms with Crippen LogP contribution in [-0.4, -0.2) is 60.5 Å². The number of imidazole rings is 1. The minimum Gasteiger partial charge on any atom is -0.348 e. The highest BCUT2D eigenvalue weighted by Gasteiger charge is 2.30. The summed E-state index contributed by atoms with van der Waals surface area (Å²) in [5, 5.41) is 3.08. The first-order valence-corrected chi connectivity index (χ1v) is 13.2. The first kappa shape index (κ1) is 25.4. The number of likely N-dealkylation sites (tertiary alicyclic amines) is 1. The van der Waals surface area contributed by atoms with E-state index in [0.29, 0.717) is 31.3 Å². The van der Waals surface area contributed by atoms with Crippen LogP contribution in [0.4, 0.5) is 8.78 Å². The second-order valence-corrected chi connectivity index (χ2v) is 10.6. The predicted octanol–water partition coefficient (Wildman–Crippen LogP) is 2.66. The van der Waals surface area contributed by atoms with Crippen molar-refractivity contribution >= 4 is 22.6 Å². The molecule has 4 aromatic rings. The highest BCUT2D eigenvalue weighted by Crippen LogP contribution is 2.29. The molecule has 0 bridgehead atoms. The summed E-state index contributed by atoms with van der Waals surface area (Å²) in [4.78, 5) is 50.7. The van der Waals surface area contributed by atoms with Gasteiger partial charge in [0.15, 0.2) is 0 Å². The van der Waals surface area contributed by atoms with Crippen molar-refractivity contribution in [3.63, 3.8) is 0 Å². The molecule has 12 heteroatoms. The Morgan fingerprint density at radius 2 is 1.67 bits per heavy atom. The number of nitrogens with one attached hydrogen (secondary N) is 1. The number of carbonyl (C=O) groups excluding carboxylic acids is 1. The fourth-order valence-corrected chi connectivity index (χ4v) is 5.92. The van der Waals surface area contributed by atoms with E-state index in [9.17, 15) is 23.2 Å². The number of aromatic nitrogens is 5. The van der Waals surface area contributed by atoms with Crippen molar-refractivity contribution in [3.8, 4) is 0 Å². The second kappa shape index (κ2) is 9.99. The van der Waals surface area contributed by atoms with Gasteiger partial charge in [-0.2, -0.15) is 0 Å². The van der Waals surface area contributed by atoms with Crippen LogP contribution in [0.2, 0.25) is 0 Å². The number of piperidine rings is 1. The number of pyridine rings is 2. The molecular weight excluding hydrogens is 508 g/mol. The van der Waals surface area contributed by atoms with Gasteiger partial charge in [-0.05, 0) is 76.9 Å². The first-order chi connectivity index (χ1) is 18.8. The summed E-state index contributed by atoms with van der Waals surface area (Å²) in [6.07, 6.45) is 7.35. The average molecular weight is 538 g/mol. The molecule has 0 unspecified atom stereocenters. The minimum absolute atomic E-state index is 0.104. The van der Waals surface area contributed by atoms with Gasteiger partial charge in [-0.15, -0.1) is 0 Å². The number of carbonyl (C=O) groups is 1. The molecule has 1 N–H and O–H groups in total. The zero-order valence-corrected chi connectivity index (χ0v) is 21.5. The summed E-state index contributed by atoms with van der Waals surface area (Å²) in [7, 11) is 2.03. The molecule has 6 rings (SSSR count). The van der Waals surface area contributed by atoms with Crippen molar-refractivity contribution in [3.05, 3.63) is 75.0 Å².